The van der Waals surface area contributed by atoms with Crippen molar-refractivity contribution >= 4 is 75.6 Å². The molecule has 0 aromatic heterocycles. The van der Waals surface area contributed by atoms with E-state index in [2.05, 4.69) is 21.9 Å². The molecule has 1 aliphatic heterocycles. The molecule has 0 bridgehead atoms. The Labute approximate surface area is 412 Å². The van der Waals surface area contributed by atoms with Crippen molar-refractivity contribution in [1.82, 2.24) is 9.44 Å². The maximum atomic E-state index is 15.8. The van der Waals surface area contributed by atoms with Gasteiger partial charge in [0.1, 0.15) is 34.7 Å². The highest BCUT2D eigenvalue weighted by atomic mass is 32.3. The van der Waals surface area contributed by atoms with Crippen LogP contribution in [-0.2, 0) is 44.2 Å². The number of anilines is 2. The minimum Gasteiger partial charge on any atom is -0.460 e. The second-order valence-corrected chi connectivity index (χ2v) is 22.5. The van der Waals surface area contributed by atoms with E-state index in [9.17, 15) is 34.8 Å². The van der Waals surface area contributed by atoms with E-state index in [0.717, 1.165) is 27.9 Å². The molecule has 0 radical (unpaired) electrons. The van der Waals surface area contributed by atoms with Crippen LogP contribution in [0.15, 0.2) is 122 Å². The Hall–Kier alpha value is -7.14. The van der Waals surface area contributed by atoms with Gasteiger partial charge in [-0.05, 0) is 93.1 Å². The van der Waals surface area contributed by atoms with E-state index in [1.807, 2.05) is 64.1 Å². The molecular formula is C50H46F4N4O11S3. The highest BCUT2D eigenvalue weighted by Crippen LogP contribution is 2.43. The number of aryl methyl sites for hydroxylation is 4. The molecule has 15 nitrogen and oxygen atoms in total. The van der Waals surface area contributed by atoms with Crippen LogP contribution in [0.5, 0.6) is 0 Å². The largest absolute Gasteiger partial charge is 0.460 e. The Balaban J connectivity index is 1.23. The van der Waals surface area contributed by atoms with Crippen LogP contribution in [0.25, 0.3) is 27.9 Å². The van der Waals surface area contributed by atoms with Crippen molar-refractivity contribution in [2.24, 2.45) is 4.99 Å². The van der Waals surface area contributed by atoms with Crippen LogP contribution in [0.2, 0.25) is 0 Å². The number of nitrogens with one attached hydrogen (secondary N) is 3. The van der Waals surface area contributed by atoms with Gasteiger partial charge in [-0.2, -0.15) is 0 Å². The second-order valence-electron chi connectivity index (χ2n) is 16.7. The van der Waals surface area contributed by atoms with E-state index in [1.54, 1.807) is 36.4 Å². The molecule has 1 atom stereocenters. The fourth-order valence-electron chi connectivity index (χ4n) is 7.92. The summed E-state index contributed by atoms with van der Waals surface area (Å²) < 4.78 is 162. The Morgan fingerprint density at radius 2 is 1.42 bits per heavy atom. The second kappa shape index (κ2) is 20.9. The van der Waals surface area contributed by atoms with Gasteiger partial charge < -0.3 is 24.5 Å². The zero-order chi connectivity index (χ0) is 52.4. The van der Waals surface area contributed by atoms with E-state index in [-0.39, 0.29) is 41.2 Å². The van der Waals surface area contributed by atoms with Crippen molar-refractivity contribution < 1.29 is 66.3 Å². The van der Waals surface area contributed by atoms with Crippen molar-refractivity contribution in [1.29, 1.82) is 0 Å². The number of nitrogens with zero attached hydrogens (tertiary/aromatic N) is 1. The number of esters is 1. The standard InChI is InChI=1S/C50H46F4N4O11S3/c1-27(2)49(59)67-22-21-55-50(60)68-23-24-70(61,62)47-41(51)43(53)48(44(54)42(47)52)72(65,66)58-71(63,64)39-16-8-7-15-36(39)40-34-19-17-32(56-45-28(3)11-9-12-29(45)4)25-37(34)69-38-26-33(18-20-35(38)40)57-46-30(5)13-10-14-31(46)6/h7-15,17-20,25-26,39,56,58H,1,16,21-24H2,2-6H3,(H,55,60). The summed E-state index contributed by atoms with van der Waals surface area (Å²) >= 11 is 0. The van der Waals surface area contributed by atoms with Crippen molar-refractivity contribution in [3.05, 3.63) is 160 Å². The predicted molar refractivity (Wildman–Crippen MR) is 261 cm³/mol. The molecule has 4 aromatic rings. The zero-order valence-electron chi connectivity index (χ0n) is 39.2. The monoisotopic (exact) mass is 1050 g/mol. The summed E-state index contributed by atoms with van der Waals surface area (Å²) in [5.74, 6) is -12.9. The van der Waals surface area contributed by atoms with Gasteiger partial charge in [0.05, 0.1) is 23.3 Å². The molecule has 3 N–H and O–H groups in total. The number of carbonyl (C=O) groups is 2. The lowest BCUT2D eigenvalue weighted by Gasteiger charge is -2.26. The fourth-order valence-corrected chi connectivity index (χ4v) is 12.7. The van der Waals surface area contributed by atoms with Gasteiger partial charge in [-0.1, -0.05) is 61.2 Å². The van der Waals surface area contributed by atoms with Crippen molar-refractivity contribution in [3.8, 4) is 11.3 Å². The van der Waals surface area contributed by atoms with E-state index in [0.29, 0.717) is 27.7 Å². The van der Waals surface area contributed by atoms with Crippen LogP contribution in [0, 0.1) is 51.0 Å². The first-order valence-corrected chi connectivity index (χ1v) is 26.5. The average molecular weight is 1050 g/mol. The summed E-state index contributed by atoms with van der Waals surface area (Å²) in [7, 11) is -16.9. The third kappa shape index (κ3) is 11.0. The molecule has 72 heavy (non-hydrogen) atoms. The number of rotatable bonds is 16. The summed E-state index contributed by atoms with van der Waals surface area (Å²) in [6.07, 6.45) is 2.63. The van der Waals surface area contributed by atoms with E-state index in [1.165, 1.54) is 29.3 Å². The predicted octanol–water partition coefficient (Wildman–Crippen LogP) is 8.94. The number of benzene rings is 5. The van der Waals surface area contributed by atoms with E-state index in [4.69, 9.17) is 14.1 Å². The Morgan fingerprint density at radius 1 is 0.792 bits per heavy atom. The lowest BCUT2D eigenvalue weighted by molar-refractivity contribution is -0.138. The Kier molecular flexibility index (Phi) is 15.3. The molecule has 3 aliphatic rings. The number of allylic oxidation sites excluding steroid dienone is 3. The van der Waals surface area contributed by atoms with Gasteiger partial charge in [0.2, 0.25) is 10.0 Å². The number of hydrogen-bond donors (Lipinski definition) is 3. The van der Waals surface area contributed by atoms with Gasteiger partial charge in [0, 0.05) is 45.6 Å². The molecule has 22 heteroatoms. The normalized spacial score (nSPS) is 14.3. The molecule has 1 unspecified atom stereocenters. The molecular weight excluding hydrogens is 1000 g/mol. The molecule has 2 aliphatic carbocycles. The van der Waals surface area contributed by atoms with Gasteiger partial charge in [-0.25, -0.2) is 57.4 Å². The first-order chi connectivity index (χ1) is 33.9. The number of halogens is 4. The smallest absolute Gasteiger partial charge is 0.407 e. The number of ether oxygens (including phenoxy) is 2. The number of para-hydroxylation sites is 2. The molecule has 4 aromatic carbocycles. The van der Waals surface area contributed by atoms with Gasteiger partial charge in [0.25, 0.3) is 10.0 Å². The lowest BCUT2D eigenvalue weighted by atomic mass is 9.89. The van der Waals surface area contributed by atoms with Gasteiger partial charge in [-0.3, -0.25) is 0 Å². The summed E-state index contributed by atoms with van der Waals surface area (Å²) in [6.45, 7) is 10.7. The van der Waals surface area contributed by atoms with Crippen LogP contribution in [0.3, 0.4) is 0 Å². The van der Waals surface area contributed by atoms with Gasteiger partial charge in [-0.15, -0.1) is 4.13 Å². The summed E-state index contributed by atoms with van der Waals surface area (Å²) in [5.41, 5.74) is 6.77. The molecule has 1 heterocycles. The number of hydrogen-bond acceptors (Lipinski definition) is 13. The molecule has 1 amide bonds. The third-order valence-electron chi connectivity index (χ3n) is 11.4. The molecule has 0 saturated heterocycles. The number of sulfonamides is 2. The van der Waals surface area contributed by atoms with E-state index < -0.39 is 99.0 Å². The summed E-state index contributed by atoms with van der Waals surface area (Å²) in [6, 6.07) is 21.6. The molecule has 0 spiro atoms. The Morgan fingerprint density at radius 3 is 2.06 bits per heavy atom. The highest BCUT2D eigenvalue weighted by Gasteiger charge is 2.42. The van der Waals surface area contributed by atoms with Crippen LogP contribution in [-0.4, -0.2) is 68.1 Å². The maximum absolute atomic E-state index is 15.8. The topological polar surface area (TPSA) is 217 Å². The molecule has 0 saturated carbocycles. The number of carbonyl (C=O) groups excluding carboxylic acids is 2. The maximum Gasteiger partial charge on any atom is 0.407 e. The van der Waals surface area contributed by atoms with Crippen LogP contribution in [0.1, 0.15) is 41.2 Å². The zero-order valence-corrected chi connectivity index (χ0v) is 41.6. The third-order valence-corrected chi connectivity index (χ3v) is 17.0. The molecule has 0 fully saturated rings. The number of alkyl carbamates (subject to hydrolysis) is 1. The first-order valence-electron chi connectivity index (χ1n) is 21.8. The van der Waals surface area contributed by atoms with Crippen LogP contribution >= 0.6 is 0 Å². The summed E-state index contributed by atoms with van der Waals surface area (Å²) in [5, 5.41) is 4.49. The Bertz CT molecular complexity index is 3600. The minimum absolute atomic E-state index is 0.0113. The fraction of sp³-hybridized carbons (Fsp3) is 0.220. The van der Waals surface area contributed by atoms with Gasteiger partial charge in [0.15, 0.2) is 38.0 Å². The van der Waals surface area contributed by atoms with Crippen molar-refractivity contribution in [3.63, 3.8) is 0 Å². The molecule has 378 valence electrons. The molecule has 7 rings (SSSR count). The lowest BCUT2D eigenvalue weighted by Crippen LogP contribution is -2.40. The van der Waals surface area contributed by atoms with Crippen LogP contribution in [0.4, 0.5) is 39.4 Å². The summed E-state index contributed by atoms with van der Waals surface area (Å²) in [4.78, 5) is 23.6. The van der Waals surface area contributed by atoms with Crippen molar-refractivity contribution in [2.75, 3.05) is 30.8 Å². The average Bonchev–Trinajstić information content (AvgIpc) is 3.30. The SMILES string of the molecule is C=C(C)C(=O)OCCNC(=O)OCCS(=O)(=O)c1c(F)c(F)c(S(=O)(=O)NS(=O)(=O)C2CC=CC=C2c2c3ccc(=Nc4c(C)cccc4C)cc-3oc3cc(Nc4c(C)cccc4C)ccc23)c(F)c1F. The number of fused-ring (bicyclic) bond motifs is 2. The van der Waals surface area contributed by atoms with Gasteiger partial charge >= 0.3 is 12.1 Å². The van der Waals surface area contributed by atoms with Crippen LogP contribution < -0.4 is 20.1 Å². The first kappa shape index (κ1) is 52.7. The quantitative estimate of drug-likeness (QED) is 0.0207. The van der Waals surface area contributed by atoms with E-state index >= 15 is 17.6 Å². The number of amides is 1. The minimum atomic E-state index is -6.13. The highest BCUT2D eigenvalue weighted by molar-refractivity contribution is 8.05. The van der Waals surface area contributed by atoms with Crippen molar-refractivity contribution in [2.45, 2.75) is 56.1 Å². The number of sulfone groups is 1.